The van der Waals surface area contributed by atoms with Crippen LogP contribution in [0.2, 0.25) is 0 Å². The second kappa shape index (κ2) is 4.38. The summed E-state index contributed by atoms with van der Waals surface area (Å²) >= 11 is 3.45. The molecular weight excluding hydrogens is 302 g/mol. The normalized spacial score (nSPS) is 11.1. The van der Waals surface area contributed by atoms with Gasteiger partial charge < -0.3 is 10.7 Å². The number of aromatic nitrogens is 2. The minimum Gasteiger partial charge on any atom is -0.397 e. The van der Waals surface area contributed by atoms with Crippen molar-refractivity contribution in [2.24, 2.45) is 0 Å². The highest BCUT2D eigenvalue weighted by atomic mass is 79.9. The third-order valence-corrected chi connectivity index (χ3v) is 3.69. The fourth-order valence-corrected chi connectivity index (χ4v) is 2.70. The summed E-state index contributed by atoms with van der Waals surface area (Å²) < 4.78 is 0.952. The number of anilines is 1. The molecule has 0 atom stereocenters. The first-order valence-electron chi connectivity index (χ1n) is 6.07. The Labute approximate surface area is 120 Å². The van der Waals surface area contributed by atoms with Gasteiger partial charge in [0.1, 0.15) is 11.3 Å². The fraction of sp³-hybridized carbons (Fsp3) is 0.133. The zero-order valence-corrected chi connectivity index (χ0v) is 12.4. The van der Waals surface area contributed by atoms with Gasteiger partial charge in [-0.2, -0.15) is 0 Å². The van der Waals surface area contributed by atoms with Gasteiger partial charge >= 0.3 is 0 Å². The monoisotopic (exact) mass is 315 g/mol. The SMILES string of the molecule is Cc1ccc(C)c(-c2nc3c(N)cc(Br)cc3[nH]2)c1. The minimum atomic E-state index is 0.678. The standard InChI is InChI=1S/C15H14BrN3/c1-8-3-4-9(2)11(5-8)15-18-13-7-10(16)6-12(17)14(13)19-15/h3-7H,17H2,1-2H3,(H,18,19). The van der Waals surface area contributed by atoms with Crippen molar-refractivity contribution in [3.05, 3.63) is 45.9 Å². The average Bonchev–Trinajstić information content (AvgIpc) is 2.76. The van der Waals surface area contributed by atoms with Crippen molar-refractivity contribution in [1.29, 1.82) is 0 Å². The Morgan fingerprint density at radius 2 is 1.95 bits per heavy atom. The Morgan fingerprint density at radius 1 is 1.16 bits per heavy atom. The van der Waals surface area contributed by atoms with E-state index in [0.717, 1.165) is 26.9 Å². The molecular formula is C15H14BrN3. The first kappa shape index (κ1) is 12.2. The number of hydrogen-bond acceptors (Lipinski definition) is 2. The number of benzene rings is 2. The second-order valence-electron chi connectivity index (χ2n) is 4.79. The molecule has 0 unspecified atom stereocenters. The Bertz CT molecular complexity index is 774. The van der Waals surface area contributed by atoms with Gasteiger partial charge in [0.15, 0.2) is 0 Å². The lowest BCUT2D eigenvalue weighted by molar-refractivity contribution is 1.29. The van der Waals surface area contributed by atoms with Crippen molar-refractivity contribution < 1.29 is 0 Å². The first-order valence-corrected chi connectivity index (χ1v) is 6.86. The molecule has 19 heavy (non-hydrogen) atoms. The summed E-state index contributed by atoms with van der Waals surface area (Å²) in [5.41, 5.74) is 12.0. The topological polar surface area (TPSA) is 54.7 Å². The van der Waals surface area contributed by atoms with Gasteiger partial charge in [0.2, 0.25) is 0 Å². The summed E-state index contributed by atoms with van der Waals surface area (Å²) in [6, 6.07) is 10.2. The van der Waals surface area contributed by atoms with E-state index in [4.69, 9.17) is 5.73 Å². The van der Waals surface area contributed by atoms with Crippen molar-refractivity contribution in [2.45, 2.75) is 13.8 Å². The van der Waals surface area contributed by atoms with Crippen LogP contribution in [0, 0.1) is 13.8 Å². The van der Waals surface area contributed by atoms with Gasteiger partial charge in [-0.3, -0.25) is 0 Å². The molecule has 0 aliphatic heterocycles. The summed E-state index contributed by atoms with van der Waals surface area (Å²) in [5, 5.41) is 0. The van der Waals surface area contributed by atoms with E-state index in [9.17, 15) is 0 Å². The van der Waals surface area contributed by atoms with E-state index in [1.807, 2.05) is 12.1 Å². The number of H-pyrrole nitrogens is 1. The van der Waals surface area contributed by atoms with Crippen LogP contribution in [-0.2, 0) is 0 Å². The number of halogens is 1. The molecule has 3 aromatic rings. The molecule has 0 aliphatic rings. The first-order chi connectivity index (χ1) is 9.04. The van der Waals surface area contributed by atoms with Gasteiger partial charge in [-0.1, -0.05) is 33.6 Å². The van der Waals surface area contributed by atoms with Crippen LogP contribution >= 0.6 is 15.9 Å². The number of hydrogen-bond donors (Lipinski definition) is 2. The molecule has 4 heteroatoms. The van der Waals surface area contributed by atoms with Crippen LogP contribution in [0.1, 0.15) is 11.1 Å². The molecule has 0 aliphatic carbocycles. The Morgan fingerprint density at radius 3 is 2.74 bits per heavy atom. The summed E-state index contributed by atoms with van der Waals surface area (Å²) in [4.78, 5) is 7.96. The van der Waals surface area contributed by atoms with Crippen molar-refractivity contribution in [1.82, 2.24) is 9.97 Å². The van der Waals surface area contributed by atoms with Crippen LogP contribution in [0.15, 0.2) is 34.8 Å². The predicted octanol–water partition coefficient (Wildman–Crippen LogP) is 4.19. The lowest BCUT2D eigenvalue weighted by atomic mass is 10.1. The van der Waals surface area contributed by atoms with Gasteiger partial charge in [-0.25, -0.2) is 4.98 Å². The van der Waals surface area contributed by atoms with Crippen molar-refractivity contribution in [3.8, 4) is 11.4 Å². The van der Waals surface area contributed by atoms with Crippen molar-refractivity contribution in [2.75, 3.05) is 5.73 Å². The molecule has 3 nitrogen and oxygen atoms in total. The maximum Gasteiger partial charge on any atom is 0.138 e. The van der Waals surface area contributed by atoms with E-state index in [0.29, 0.717) is 5.69 Å². The average molecular weight is 316 g/mol. The largest absolute Gasteiger partial charge is 0.397 e. The number of aryl methyl sites for hydroxylation is 2. The van der Waals surface area contributed by atoms with Crippen molar-refractivity contribution in [3.63, 3.8) is 0 Å². The number of imidazole rings is 1. The predicted molar refractivity (Wildman–Crippen MR) is 83.1 cm³/mol. The number of rotatable bonds is 1. The number of nitrogens with zero attached hydrogens (tertiary/aromatic N) is 1. The van der Waals surface area contributed by atoms with Crippen LogP contribution in [0.25, 0.3) is 22.4 Å². The Kier molecular flexibility index (Phi) is 2.82. The molecule has 0 saturated carbocycles. The van der Waals surface area contributed by atoms with Gasteiger partial charge in [0.25, 0.3) is 0 Å². The summed E-state index contributed by atoms with van der Waals surface area (Å²) in [6.45, 7) is 4.16. The van der Waals surface area contributed by atoms with E-state index in [-0.39, 0.29) is 0 Å². The molecule has 0 amide bonds. The molecule has 0 fully saturated rings. The number of nitrogen functional groups attached to an aromatic ring is 1. The number of nitrogens with one attached hydrogen (secondary N) is 1. The summed E-state index contributed by atoms with van der Waals surface area (Å²) in [6.07, 6.45) is 0. The molecule has 3 N–H and O–H groups in total. The third-order valence-electron chi connectivity index (χ3n) is 3.23. The molecule has 1 heterocycles. The summed E-state index contributed by atoms with van der Waals surface area (Å²) in [5.74, 6) is 0.862. The van der Waals surface area contributed by atoms with Gasteiger partial charge in [-0.05, 0) is 37.6 Å². The zero-order chi connectivity index (χ0) is 13.6. The number of fused-ring (bicyclic) bond motifs is 1. The van der Waals surface area contributed by atoms with Gasteiger partial charge in [0.05, 0.1) is 11.2 Å². The minimum absolute atomic E-state index is 0.678. The molecule has 2 aromatic carbocycles. The third kappa shape index (κ3) is 2.12. The van der Waals surface area contributed by atoms with Crippen LogP contribution in [-0.4, -0.2) is 9.97 Å². The molecule has 1 aromatic heterocycles. The zero-order valence-electron chi connectivity index (χ0n) is 10.8. The number of aromatic amines is 1. The fourth-order valence-electron chi connectivity index (χ4n) is 2.23. The maximum absolute atomic E-state index is 6.00. The Balaban J connectivity index is 2.26. The molecule has 96 valence electrons. The van der Waals surface area contributed by atoms with E-state index in [1.54, 1.807) is 0 Å². The van der Waals surface area contributed by atoms with E-state index in [1.165, 1.54) is 11.1 Å². The summed E-state index contributed by atoms with van der Waals surface area (Å²) in [7, 11) is 0. The van der Waals surface area contributed by atoms with E-state index in [2.05, 4.69) is 57.9 Å². The lowest BCUT2D eigenvalue weighted by Crippen LogP contribution is -1.87. The van der Waals surface area contributed by atoms with E-state index >= 15 is 0 Å². The smallest absolute Gasteiger partial charge is 0.138 e. The highest BCUT2D eigenvalue weighted by molar-refractivity contribution is 9.10. The molecule has 0 saturated heterocycles. The van der Waals surface area contributed by atoms with Crippen LogP contribution in [0.4, 0.5) is 5.69 Å². The number of nitrogens with two attached hydrogens (primary N) is 1. The highest BCUT2D eigenvalue weighted by Crippen LogP contribution is 2.29. The van der Waals surface area contributed by atoms with Gasteiger partial charge in [0, 0.05) is 10.0 Å². The van der Waals surface area contributed by atoms with Crippen LogP contribution < -0.4 is 5.73 Å². The maximum atomic E-state index is 6.00. The Hall–Kier alpha value is -1.81. The molecule has 3 rings (SSSR count). The second-order valence-corrected chi connectivity index (χ2v) is 5.71. The van der Waals surface area contributed by atoms with Crippen molar-refractivity contribution >= 4 is 32.7 Å². The quantitative estimate of drug-likeness (QED) is 0.661. The molecule has 0 bridgehead atoms. The highest BCUT2D eigenvalue weighted by Gasteiger charge is 2.10. The van der Waals surface area contributed by atoms with Crippen LogP contribution in [0.5, 0.6) is 0 Å². The van der Waals surface area contributed by atoms with E-state index < -0.39 is 0 Å². The molecule has 0 spiro atoms. The lowest BCUT2D eigenvalue weighted by Gasteiger charge is -2.03. The molecule has 0 radical (unpaired) electrons. The van der Waals surface area contributed by atoms with Gasteiger partial charge in [-0.15, -0.1) is 0 Å². The van der Waals surface area contributed by atoms with Crippen LogP contribution in [0.3, 0.4) is 0 Å².